The molecule has 2 aromatic rings. The number of para-hydroxylation sites is 2. The molecular weight excluding hydrogens is 242 g/mol. The highest BCUT2D eigenvalue weighted by Crippen LogP contribution is 2.20. The fourth-order valence-electron chi connectivity index (χ4n) is 1.41. The van der Waals surface area contributed by atoms with E-state index in [0.717, 1.165) is 0 Å². The van der Waals surface area contributed by atoms with Crippen LogP contribution in [0, 0.1) is 0 Å². The lowest BCUT2D eigenvalue weighted by molar-refractivity contribution is -0.0373. The summed E-state index contributed by atoms with van der Waals surface area (Å²) in [6, 6.07) is 6.98. The number of rotatable bonds is 4. The number of anilines is 2. The van der Waals surface area contributed by atoms with E-state index in [0.29, 0.717) is 11.0 Å². The van der Waals surface area contributed by atoms with Crippen molar-refractivity contribution in [2.45, 2.75) is 5.92 Å². The van der Waals surface area contributed by atoms with Crippen molar-refractivity contribution in [1.29, 1.82) is 0 Å². The molecule has 0 aliphatic heterocycles. The molecule has 0 spiro atoms. The third-order valence-electron chi connectivity index (χ3n) is 2.34. The number of hydrogen-bond donors (Lipinski definition) is 3. The highest BCUT2D eigenvalue weighted by molar-refractivity contribution is 5.79. The van der Waals surface area contributed by atoms with Crippen molar-refractivity contribution in [2.75, 3.05) is 24.2 Å². The number of aromatic nitrogens is 2. The van der Waals surface area contributed by atoms with Crippen LogP contribution in [0.1, 0.15) is 0 Å². The van der Waals surface area contributed by atoms with Crippen molar-refractivity contribution in [3.63, 3.8) is 0 Å². The molecule has 1 aromatic carbocycles. The first kappa shape index (κ1) is 12.4. The molecule has 18 heavy (non-hydrogen) atoms. The zero-order valence-electron chi connectivity index (χ0n) is 9.40. The Bertz CT molecular complexity index is 562. The van der Waals surface area contributed by atoms with Gasteiger partial charge in [0.05, 0.1) is 17.6 Å². The SMILES string of the molecule is Nc1nc2ccccc2nc1NCC(F)(F)CO. The van der Waals surface area contributed by atoms with Crippen LogP contribution in [0.25, 0.3) is 11.0 Å². The van der Waals surface area contributed by atoms with Crippen molar-refractivity contribution in [3.8, 4) is 0 Å². The summed E-state index contributed by atoms with van der Waals surface area (Å²) in [5, 5.41) is 10.8. The number of nitrogens with two attached hydrogens (primary N) is 1. The smallest absolute Gasteiger partial charge is 0.287 e. The molecule has 0 unspecified atom stereocenters. The number of halogens is 2. The Morgan fingerprint density at radius 2 is 1.83 bits per heavy atom. The van der Waals surface area contributed by atoms with Gasteiger partial charge in [0.15, 0.2) is 11.6 Å². The number of nitrogen functional groups attached to an aromatic ring is 1. The van der Waals surface area contributed by atoms with Crippen molar-refractivity contribution in [3.05, 3.63) is 24.3 Å². The standard InChI is InChI=1S/C11H12F2N4O/c12-11(13,6-18)5-15-10-9(14)16-7-3-1-2-4-8(7)17-10/h1-4,18H,5-6H2,(H2,14,16)(H,15,17). The fourth-order valence-corrected chi connectivity index (χ4v) is 1.41. The van der Waals surface area contributed by atoms with Gasteiger partial charge >= 0.3 is 0 Å². The summed E-state index contributed by atoms with van der Waals surface area (Å²) >= 11 is 0. The first-order valence-electron chi connectivity index (χ1n) is 5.27. The van der Waals surface area contributed by atoms with E-state index in [1.807, 2.05) is 0 Å². The molecule has 0 radical (unpaired) electrons. The number of hydrogen-bond acceptors (Lipinski definition) is 5. The van der Waals surface area contributed by atoms with Gasteiger partial charge in [-0.15, -0.1) is 0 Å². The van der Waals surface area contributed by atoms with Crippen LogP contribution in [0.15, 0.2) is 24.3 Å². The molecule has 96 valence electrons. The van der Waals surface area contributed by atoms with Crippen LogP contribution in [0.2, 0.25) is 0 Å². The van der Waals surface area contributed by atoms with Gasteiger partial charge in [0.25, 0.3) is 5.92 Å². The molecule has 0 bridgehead atoms. The lowest BCUT2D eigenvalue weighted by Gasteiger charge is -2.15. The van der Waals surface area contributed by atoms with E-state index < -0.39 is 19.1 Å². The molecule has 7 heteroatoms. The summed E-state index contributed by atoms with van der Waals surface area (Å²) in [6.45, 7) is -1.98. The molecule has 4 N–H and O–H groups in total. The summed E-state index contributed by atoms with van der Waals surface area (Å²) in [5.41, 5.74) is 6.76. The highest BCUT2D eigenvalue weighted by atomic mass is 19.3. The zero-order chi connectivity index (χ0) is 13.2. The maximum atomic E-state index is 12.9. The van der Waals surface area contributed by atoms with Crippen molar-refractivity contribution >= 4 is 22.7 Å². The molecule has 0 saturated heterocycles. The highest BCUT2D eigenvalue weighted by Gasteiger charge is 2.27. The van der Waals surface area contributed by atoms with Crippen LogP contribution >= 0.6 is 0 Å². The molecule has 0 amide bonds. The number of aliphatic hydroxyl groups excluding tert-OH is 1. The van der Waals surface area contributed by atoms with Crippen LogP contribution in [-0.2, 0) is 0 Å². The zero-order valence-corrected chi connectivity index (χ0v) is 9.40. The molecule has 5 nitrogen and oxygen atoms in total. The molecule has 0 atom stereocenters. The van der Waals surface area contributed by atoms with Gasteiger partial charge in [-0.25, -0.2) is 18.7 Å². The second-order valence-corrected chi connectivity index (χ2v) is 3.81. The first-order valence-corrected chi connectivity index (χ1v) is 5.27. The average molecular weight is 254 g/mol. The second kappa shape index (κ2) is 4.69. The van der Waals surface area contributed by atoms with E-state index in [1.165, 1.54) is 0 Å². The molecule has 0 aliphatic carbocycles. The first-order chi connectivity index (χ1) is 8.52. The average Bonchev–Trinajstić information content (AvgIpc) is 2.36. The van der Waals surface area contributed by atoms with Crippen LogP contribution in [-0.4, -0.2) is 34.1 Å². The number of fused-ring (bicyclic) bond motifs is 1. The third kappa shape index (κ3) is 2.62. The molecule has 0 saturated carbocycles. The van der Waals surface area contributed by atoms with E-state index >= 15 is 0 Å². The maximum absolute atomic E-state index is 12.9. The minimum Gasteiger partial charge on any atom is -0.390 e. The largest absolute Gasteiger partial charge is 0.390 e. The Balaban J connectivity index is 2.25. The van der Waals surface area contributed by atoms with E-state index in [9.17, 15) is 8.78 Å². The van der Waals surface area contributed by atoms with Gasteiger partial charge in [0, 0.05) is 0 Å². The monoisotopic (exact) mass is 254 g/mol. The minimum absolute atomic E-state index is 0.0439. The van der Waals surface area contributed by atoms with Gasteiger partial charge in [0.2, 0.25) is 0 Å². The summed E-state index contributed by atoms with van der Waals surface area (Å²) < 4.78 is 25.8. The number of nitrogens with one attached hydrogen (secondary N) is 1. The Labute approximate surface area is 102 Å². The maximum Gasteiger partial charge on any atom is 0.287 e. The van der Waals surface area contributed by atoms with Crippen molar-refractivity contribution in [1.82, 2.24) is 9.97 Å². The Kier molecular flexibility index (Phi) is 3.24. The van der Waals surface area contributed by atoms with Gasteiger partial charge in [-0.3, -0.25) is 0 Å². The van der Waals surface area contributed by atoms with Crippen LogP contribution in [0.5, 0.6) is 0 Å². The van der Waals surface area contributed by atoms with Gasteiger partial charge in [-0.05, 0) is 12.1 Å². The lowest BCUT2D eigenvalue weighted by atomic mass is 10.3. The number of aliphatic hydroxyl groups is 1. The molecule has 1 aromatic heterocycles. The number of nitrogens with zero attached hydrogens (tertiary/aromatic N) is 2. The predicted octanol–water partition coefficient (Wildman–Crippen LogP) is 1.25. The summed E-state index contributed by atoms with van der Waals surface area (Å²) in [4.78, 5) is 8.15. The minimum atomic E-state index is -3.22. The molecule has 0 aliphatic rings. The van der Waals surface area contributed by atoms with Crippen molar-refractivity contribution in [2.24, 2.45) is 0 Å². The van der Waals surface area contributed by atoms with E-state index in [4.69, 9.17) is 10.8 Å². The van der Waals surface area contributed by atoms with E-state index in [-0.39, 0.29) is 11.6 Å². The number of alkyl halides is 2. The normalized spacial score (nSPS) is 11.7. The van der Waals surface area contributed by atoms with Gasteiger partial charge in [-0.1, -0.05) is 12.1 Å². The van der Waals surface area contributed by atoms with Crippen LogP contribution in [0.4, 0.5) is 20.4 Å². The third-order valence-corrected chi connectivity index (χ3v) is 2.34. The van der Waals surface area contributed by atoms with Gasteiger partial charge < -0.3 is 16.2 Å². The van der Waals surface area contributed by atoms with Gasteiger partial charge in [-0.2, -0.15) is 0 Å². The second-order valence-electron chi connectivity index (χ2n) is 3.81. The fraction of sp³-hybridized carbons (Fsp3) is 0.273. The van der Waals surface area contributed by atoms with Crippen LogP contribution in [0.3, 0.4) is 0 Å². The Morgan fingerprint density at radius 1 is 1.22 bits per heavy atom. The topological polar surface area (TPSA) is 84.1 Å². The van der Waals surface area contributed by atoms with E-state index in [2.05, 4.69) is 15.3 Å². The Hall–Kier alpha value is -2.02. The summed E-state index contributed by atoms with van der Waals surface area (Å²) in [6.07, 6.45) is 0. The predicted molar refractivity (Wildman–Crippen MR) is 64.5 cm³/mol. The molecule has 0 fully saturated rings. The molecule has 1 heterocycles. The quantitative estimate of drug-likeness (QED) is 0.764. The summed E-state index contributed by atoms with van der Waals surface area (Å²) in [5.74, 6) is -3.09. The number of benzene rings is 1. The van der Waals surface area contributed by atoms with Crippen LogP contribution < -0.4 is 11.1 Å². The lowest BCUT2D eigenvalue weighted by Crippen LogP contribution is -2.31. The Morgan fingerprint density at radius 3 is 2.44 bits per heavy atom. The molecule has 2 rings (SSSR count). The van der Waals surface area contributed by atoms with Gasteiger partial charge in [0.1, 0.15) is 6.61 Å². The van der Waals surface area contributed by atoms with E-state index in [1.54, 1.807) is 24.3 Å². The summed E-state index contributed by atoms with van der Waals surface area (Å²) in [7, 11) is 0. The van der Waals surface area contributed by atoms with Crippen molar-refractivity contribution < 1.29 is 13.9 Å². The molecular formula is C11H12F2N4O.